The van der Waals surface area contributed by atoms with Crippen LogP contribution in [0.3, 0.4) is 0 Å². The summed E-state index contributed by atoms with van der Waals surface area (Å²) in [5, 5.41) is 14.4. The first-order valence-electron chi connectivity index (χ1n) is 8.90. The highest BCUT2D eigenvalue weighted by molar-refractivity contribution is 7.90. The minimum absolute atomic E-state index is 0.134. The van der Waals surface area contributed by atoms with Crippen molar-refractivity contribution in [1.82, 2.24) is 0 Å². The lowest BCUT2D eigenvalue weighted by Crippen LogP contribution is -2.45. The fourth-order valence-electron chi connectivity index (χ4n) is 3.41. The Kier molecular flexibility index (Phi) is 5.57. The molecule has 2 aromatic carbocycles. The van der Waals surface area contributed by atoms with Gasteiger partial charge in [0.25, 0.3) is 0 Å². The molecule has 0 aromatic heterocycles. The molecule has 2 atom stereocenters. The van der Waals surface area contributed by atoms with Gasteiger partial charge in [-0.25, -0.2) is 8.42 Å². The van der Waals surface area contributed by atoms with Crippen LogP contribution >= 0.6 is 0 Å². The third-order valence-electron chi connectivity index (χ3n) is 4.51. The maximum atomic E-state index is 11.9. The summed E-state index contributed by atoms with van der Waals surface area (Å²) >= 11 is 0. The van der Waals surface area contributed by atoms with E-state index in [9.17, 15) is 18.5 Å². The third-order valence-corrected chi connectivity index (χ3v) is 5.64. The van der Waals surface area contributed by atoms with Crippen LogP contribution in [0, 0.1) is 10.1 Å². The van der Waals surface area contributed by atoms with E-state index in [0.29, 0.717) is 5.69 Å². The number of nitro groups is 1. The molecule has 28 heavy (non-hydrogen) atoms. The Morgan fingerprint density at radius 2 is 1.71 bits per heavy atom. The fourth-order valence-corrected chi connectivity index (χ4v) is 4.27. The summed E-state index contributed by atoms with van der Waals surface area (Å²) in [6.07, 6.45) is 1.24. The van der Waals surface area contributed by atoms with Gasteiger partial charge in [0.2, 0.25) is 0 Å². The molecule has 0 amide bonds. The van der Waals surface area contributed by atoms with E-state index < -0.39 is 20.4 Å². The van der Waals surface area contributed by atoms with Gasteiger partial charge in [-0.3, -0.25) is 10.1 Å². The van der Waals surface area contributed by atoms with Crippen LogP contribution in [0.4, 0.5) is 22.7 Å². The number of rotatable bonds is 5. The first-order valence-corrected chi connectivity index (χ1v) is 10.8. The van der Waals surface area contributed by atoms with Gasteiger partial charge in [-0.05, 0) is 50.2 Å². The number of nitrogens with one attached hydrogen (secondary N) is 1. The number of nitro benzene ring substituents is 1. The lowest BCUT2D eigenvalue weighted by molar-refractivity contribution is -0.386. The summed E-state index contributed by atoms with van der Waals surface area (Å²) in [4.78, 5) is 12.7. The van der Waals surface area contributed by atoms with Gasteiger partial charge < -0.3 is 15.0 Å². The smallest absolute Gasteiger partial charge is 0.311 e. The Morgan fingerprint density at radius 3 is 2.25 bits per heavy atom. The largest absolute Gasteiger partial charge is 0.372 e. The highest BCUT2D eigenvalue weighted by Crippen LogP contribution is 2.34. The van der Waals surface area contributed by atoms with Crippen LogP contribution in [0.1, 0.15) is 13.8 Å². The van der Waals surface area contributed by atoms with Crippen molar-refractivity contribution in [2.24, 2.45) is 0 Å². The van der Waals surface area contributed by atoms with Crippen LogP contribution in [-0.2, 0) is 14.6 Å². The van der Waals surface area contributed by atoms with Gasteiger partial charge in [0, 0.05) is 30.7 Å². The SMILES string of the molecule is CC1CN(c2ccc(Nc3cccc(S(C)(=O)=O)c3[N+](=O)[O-])cc2)CC(C)O1. The molecule has 2 unspecified atom stereocenters. The molecule has 3 rings (SSSR count). The van der Waals surface area contributed by atoms with Gasteiger partial charge in [-0.1, -0.05) is 6.07 Å². The Balaban J connectivity index is 1.86. The molecular weight excluding hydrogens is 382 g/mol. The quantitative estimate of drug-likeness (QED) is 0.601. The van der Waals surface area contributed by atoms with Gasteiger partial charge in [-0.15, -0.1) is 0 Å². The molecule has 2 aromatic rings. The zero-order valence-electron chi connectivity index (χ0n) is 16.0. The van der Waals surface area contributed by atoms with E-state index in [1.165, 1.54) is 18.2 Å². The minimum atomic E-state index is -3.73. The maximum absolute atomic E-state index is 11.9. The number of anilines is 3. The zero-order valence-corrected chi connectivity index (χ0v) is 16.8. The molecule has 1 saturated heterocycles. The normalized spacial score (nSPS) is 20.0. The Morgan fingerprint density at radius 1 is 1.11 bits per heavy atom. The fraction of sp³-hybridized carbons (Fsp3) is 0.368. The van der Waals surface area contributed by atoms with Crippen molar-refractivity contribution in [1.29, 1.82) is 0 Å². The van der Waals surface area contributed by atoms with E-state index in [1.807, 2.05) is 38.1 Å². The number of hydrogen-bond acceptors (Lipinski definition) is 7. The monoisotopic (exact) mass is 405 g/mol. The van der Waals surface area contributed by atoms with Crippen LogP contribution in [0.5, 0.6) is 0 Å². The van der Waals surface area contributed by atoms with Crippen molar-refractivity contribution < 1.29 is 18.1 Å². The molecule has 1 heterocycles. The van der Waals surface area contributed by atoms with Gasteiger partial charge in [0.05, 0.1) is 17.1 Å². The highest BCUT2D eigenvalue weighted by atomic mass is 32.2. The lowest BCUT2D eigenvalue weighted by atomic mass is 10.2. The lowest BCUT2D eigenvalue weighted by Gasteiger charge is -2.36. The molecule has 0 aliphatic carbocycles. The van der Waals surface area contributed by atoms with Gasteiger partial charge in [0.1, 0.15) is 10.6 Å². The Bertz CT molecular complexity index is 966. The molecule has 0 radical (unpaired) electrons. The summed E-state index contributed by atoms with van der Waals surface area (Å²) in [6, 6.07) is 11.7. The predicted octanol–water partition coefficient (Wildman–Crippen LogP) is 3.36. The second-order valence-corrected chi connectivity index (χ2v) is 9.00. The molecule has 0 saturated carbocycles. The molecule has 150 valence electrons. The van der Waals surface area contributed by atoms with Crippen molar-refractivity contribution in [2.45, 2.75) is 31.0 Å². The van der Waals surface area contributed by atoms with E-state index in [1.54, 1.807) is 0 Å². The van der Waals surface area contributed by atoms with E-state index in [-0.39, 0.29) is 22.8 Å². The standard InChI is InChI=1S/C19H23N3O5S/c1-13-11-21(12-14(2)27-13)16-9-7-15(8-10-16)20-17-5-4-6-18(28(3,25)26)19(17)22(23)24/h4-10,13-14,20H,11-12H2,1-3H3. The number of ether oxygens (including phenoxy) is 1. The molecule has 0 bridgehead atoms. The molecule has 0 spiro atoms. The first-order chi connectivity index (χ1) is 13.1. The number of nitrogens with zero attached hydrogens (tertiary/aromatic N) is 2. The Hall–Kier alpha value is -2.65. The van der Waals surface area contributed by atoms with Crippen molar-refractivity contribution in [3.63, 3.8) is 0 Å². The predicted molar refractivity (Wildman–Crippen MR) is 108 cm³/mol. The van der Waals surface area contributed by atoms with Gasteiger partial charge >= 0.3 is 5.69 Å². The Labute approximate surface area is 164 Å². The summed E-state index contributed by atoms with van der Waals surface area (Å²) in [5.41, 5.74) is 1.35. The van der Waals surface area contributed by atoms with Crippen LogP contribution in [0.15, 0.2) is 47.4 Å². The number of sulfone groups is 1. The third kappa shape index (κ3) is 4.42. The molecule has 1 N–H and O–H groups in total. The van der Waals surface area contributed by atoms with Crippen molar-refractivity contribution in [2.75, 3.05) is 29.6 Å². The van der Waals surface area contributed by atoms with Gasteiger partial charge in [-0.2, -0.15) is 0 Å². The van der Waals surface area contributed by atoms with Crippen molar-refractivity contribution in [3.8, 4) is 0 Å². The van der Waals surface area contributed by atoms with Crippen LogP contribution < -0.4 is 10.2 Å². The maximum Gasteiger partial charge on any atom is 0.311 e. The molecular formula is C19H23N3O5S. The average molecular weight is 405 g/mol. The van der Waals surface area contributed by atoms with Crippen LogP contribution in [0.25, 0.3) is 0 Å². The minimum Gasteiger partial charge on any atom is -0.372 e. The number of hydrogen-bond donors (Lipinski definition) is 1. The van der Waals surface area contributed by atoms with Crippen LogP contribution in [-0.4, -0.2) is 44.9 Å². The second kappa shape index (κ2) is 7.76. The molecule has 1 aliphatic rings. The van der Waals surface area contributed by atoms with E-state index in [0.717, 1.165) is 25.0 Å². The summed E-state index contributed by atoms with van der Waals surface area (Å²) < 4.78 is 29.5. The molecule has 1 aliphatic heterocycles. The summed E-state index contributed by atoms with van der Waals surface area (Å²) in [6.45, 7) is 5.65. The average Bonchev–Trinajstić information content (AvgIpc) is 2.60. The molecule has 8 nitrogen and oxygen atoms in total. The highest BCUT2D eigenvalue weighted by Gasteiger charge is 2.26. The first kappa shape index (κ1) is 20.1. The van der Waals surface area contributed by atoms with Crippen molar-refractivity contribution >= 4 is 32.6 Å². The molecule has 1 fully saturated rings. The van der Waals surface area contributed by atoms with E-state index in [4.69, 9.17) is 4.74 Å². The van der Waals surface area contributed by atoms with Gasteiger partial charge in [0.15, 0.2) is 9.84 Å². The number of benzene rings is 2. The van der Waals surface area contributed by atoms with E-state index >= 15 is 0 Å². The zero-order chi connectivity index (χ0) is 20.5. The number of morpholine rings is 1. The summed E-state index contributed by atoms with van der Waals surface area (Å²) in [5.74, 6) is 0. The topological polar surface area (TPSA) is 102 Å². The van der Waals surface area contributed by atoms with Crippen LogP contribution in [0.2, 0.25) is 0 Å². The van der Waals surface area contributed by atoms with E-state index in [2.05, 4.69) is 10.2 Å². The second-order valence-electron chi connectivity index (χ2n) is 7.02. The summed E-state index contributed by atoms with van der Waals surface area (Å²) in [7, 11) is -3.73. The van der Waals surface area contributed by atoms with Crippen molar-refractivity contribution in [3.05, 3.63) is 52.6 Å². The number of para-hydroxylation sites is 1. The molecule has 9 heteroatoms.